The molecule has 0 heterocycles. The molecule has 3 nitrogen and oxygen atoms in total. The first-order chi connectivity index (χ1) is 9.58. The van der Waals surface area contributed by atoms with Crippen molar-refractivity contribution in [2.75, 3.05) is 0 Å². The predicted octanol–water partition coefficient (Wildman–Crippen LogP) is 3.53. The van der Waals surface area contributed by atoms with Crippen LogP contribution in [0.5, 0.6) is 0 Å². The van der Waals surface area contributed by atoms with Crippen LogP contribution in [0.25, 0.3) is 0 Å². The largest absolute Gasteiger partial charge is 0.349 e. The molecule has 3 N–H and O–H groups in total. The van der Waals surface area contributed by atoms with E-state index < -0.39 is 0 Å². The standard InChI is InChI=1S/C16H23BrN2O/c1-11(12-7-9-13(17)10-8-12)19-16(20)14-5-3-2-4-6-15(14)18/h7-11,14-15H,2-6,18H2,1H3,(H,19,20). The van der Waals surface area contributed by atoms with Gasteiger partial charge in [-0.3, -0.25) is 4.79 Å². The van der Waals surface area contributed by atoms with Crippen molar-refractivity contribution >= 4 is 21.8 Å². The summed E-state index contributed by atoms with van der Waals surface area (Å²) in [7, 11) is 0. The molecule has 0 saturated heterocycles. The number of hydrogen-bond donors (Lipinski definition) is 2. The molecular weight excluding hydrogens is 316 g/mol. The number of nitrogens with one attached hydrogen (secondary N) is 1. The van der Waals surface area contributed by atoms with Crippen LogP contribution in [0, 0.1) is 5.92 Å². The minimum absolute atomic E-state index is 0.00891. The van der Waals surface area contributed by atoms with Gasteiger partial charge in [-0.05, 0) is 37.5 Å². The van der Waals surface area contributed by atoms with Crippen molar-refractivity contribution in [3.05, 3.63) is 34.3 Å². The van der Waals surface area contributed by atoms with E-state index in [0.717, 1.165) is 35.7 Å². The highest BCUT2D eigenvalue weighted by Crippen LogP contribution is 2.24. The Balaban J connectivity index is 1.97. The summed E-state index contributed by atoms with van der Waals surface area (Å²) in [5.41, 5.74) is 7.26. The topological polar surface area (TPSA) is 55.1 Å². The maximum atomic E-state index is 12.4. The third kappa shape index (κ3) is 4.06. The number of benzene rings is 1. The second kappa shape index (κ2) is 7.23. The molecule has 0 aliphatic heterocycles. The van der Waals surface area contributed by atoms with Crippen LogP contribution >= 0.6 is 15.9 Å². The molecule has 0 spiro atoms. The molecule has 0 bridgehead atoms. The first-order valence-corrected chi connectivity index (χ1v) is 8.18. The van der Waals surface area contributed by atoms with Crippen molar-refractivity contribution in [3.63, 3.8) is 0 Å². The van der Waals surface area contributed by atoms with Crippen molar-refractivity contribution < 1.29 is 4.79 Å². The number of rotatable bonds is 3. The fourth-order valence-corrected chi connectivity index (χ4v) is 3.08. The average molecular weight is 339 g/mol. The van der Waals surface area contributed by atoms with Crippen molar-refractivity contribution in [1.82, 2.24) is 5.32 Å². The monoisotopic (exact) mass is 338 g/mol. The summed E-state index contributed by atoms with van der Waals surface area (Å²) >= 11 is 3.42. The summed E-state index contributed by atoms with van der Waals surface area (Å²) in [5.74, 6) is 0.0743. The molecule has 0 radical (unpaired) electrons. The Morgan fingerprint density at radius 1 is 1.25 bits per heavy atom. The van der Waals surface area contributed by atoms with Crippen molar-refractivity contribution in [3.8, 4) is 0 Å². The number of halogens is 1. The molecule has 1 fully saturated rings. The van der Waals surface area contributed by atoms with Crippen LogP contribution in [-0.2, 0) is 4.79 Å². The molecule has 1 aromatic carbocycles. The van der Waals surface area contributed by atoms with Gasteiger partial charge in [0.25, 0.3) is 0 Å². The van der Waals surface area contributed by atoms with Crippen LogP contribution in [-0.4, -0.2) is 11.9 Å². The van der Waals surface area contributed by atoms with Crippen molar-refractivity contribution in [2.24, 2.45) is 11.7 Å². The van der Waals surface area contributed by atoms with Gasteiger partial charge < -0.3 is 11.1 Å². The fraction of sp³-hybridized carbons (Fsp3) is 0.562. The quantitative estimate of drug-likeness (QED) is 0.828. The van der Waals surface area contributed by atoms with E-state index >= 15 is 0 Å². The Kier molecular flexibility index (Phi) is 5.61. The summed E-state index contributed by atoms with van der Waals surface area (Å²) in [4.78, 5) is 12.4. The van der Waals surface area contributed by atoms with Gasteiger partial charge in [0, 0.05) is 10.5 Å². The van der Waals surface area contributed by atoms with Crippen LogP contribution in [0.15, 0.2) is 28.7 Å². The van der Waals surface area contributed by atoms with Gasteiger partial charge in [0.2, 0.25) is 5.91 Å². The minimum atomic E-state index is -0.0320. The Morgan fingerprint density at radius 3 is 2.60 bits per heavy atom. The molecule has 1 saturated carbocycles. The summed E-state index contributed by atoms with van der Waals surface area (Å²) < 4.78 is 1.05. The zero-order valence-corrected chi connectivity index (χ0v) is 13.5. The third-order valence-corrected chi connectivity index (χ3v) is 4.66. The van der Waals surface area contributed by atoms with Crippen molar-refractivity contribution in [2.45, 2.75) is 51.1 Å². The zero-order chi connectivity index (χ0) is 14.5. The maximum Gasteiger partial charge on any atom is 0.225 e. The molecule has 3 unspecified atom stereocenters. The minimum Gasteiger partial charge on any atom is -0.349 e. The lowest BCUT2D eigenvalue weighted by Crippen LogP contribution is -2.42. The summed E-state index contributed by atoms with van der Waals surface area (Å²) in [6.07, 6.45) is 5.33. The lowest BCUT2D eigenvalue weighted by molar-refractivity contribution is -0.126. The molecule has 20 heavy (non-hydrogen) atoms. The molecule has 1 aromatic rings. The third-order valence-electron chi connectivity index (χ3n) is 4.13. The van der Waals surface area contributed by atoms with E-state index in [-0.39, 0.29) is 23.9 Å². The number of carbonyl (C=O) groups excluding carboxylic acids is 1. The van der Waals surface area contributed by atoms with Gasteiger partial charge >= 0.3 is 0 Å². The normalized spacial score (nSPS) is 24.8. The van der Waals surface area contributed by atoms with Gasteiger partial charge in [-0.25, -0.2) is 0 Å². The van der Waals surface area contributed by atoms with Gasteiger partial charge in [0.15, 0.2) is 0 Å². The summed E-state index contributed by atoms with van der Waals surface area (Å²) in [5, 5.41) is 3.11. The van der Waals surface area contributed by atoms with Gasteiger partial charge in [-0.1, -0.05) is 47.3 Å². The Bertz CT molecular complexity index is 446. The van der Waals surface area contributed by atoms with E-state index in [1.165, 1.54) is 6.42 Å². The Labute approximate surface area is 129 Å². The number of amides is 1. The number of hydrogen-bond acceptors (Lipinski definition) is 2. The van der Waals surface area contributed by atoms with Crippen LogP contribution < -0.4 is 11.1 Å². The Hall–Kier alpha value is -0.870. The van der Waals surface area contributed by atoms with Gasteiger partial charge in [-0.2, -0.15) is 0 Å². The highest BCUT2D eigenvalue weighted by Gasteiger charge is 2.27. The molecule has 4 heteroatoms. The summed E-state index contributed by atoms with van der Waals surface area (Å²) in [6, 6.07) is 8.08. The van der Waals surface area contributed by atoms with E-state index in [1.807, 2.05) is 31.2 Å². The molecule has 1 aliphatic rings. The van der Waals surface area contributed by atoms with E-state index in [2.05, 4.69) is 21.2 Å². The first kappa shape index (κ1) is 15.5. The van der Waals surface area contributed by atoms with Crippen LogP contribution in [0.2, 0.25) is 0 Å². The smallest absolute Gasteiger partial charge is 0.225 e. The SMILES string of the molecule is CC(NC(=O)C1CCCCCC1N)c1ccc(Br)cc1. The van der Waals surface area contributed by atoms with Crippen LogP contribution in [0.1, 0.15) is 50.6 Å². The lowest BCUT2D eigenvalue weighted by Gasteiger charge is -2.23. The molecule has 3 atom stereocenters. The molecule has 1 amide bonds. The second-order valence-electron chi connectivity index (χ2n) is 5.69. The number of carbonyl (C=O) groups is 1. The molecule has 2 rings (SSSR count). The van der Waals surface area contributed by atoms with E-state index in [9.17, 15) is 4.79 Å². The number of nitrogens with two attached hydrogens (primary N) is 1. The van der Waals surface area contributed by atoms with Crippen LogP contribution in [0.4, 0.5) is 0 Å². The summed E-state index contributed by atoms with van der Waals surface area (Å²) in [6.45, 7) is 2.02. The maximum absolute atomic E-state index is 12.4. The molecular formula is C16H23BrN2O. The van der Waals surface area contributed by atoms with E-state index in [4.69, 9.17) is 5.73 Å². The highest BCUT2D eigenvalue weighted by molar-refractivity contribution is 9.10. The Morgan fingerprint density at radius 2 is 1.90 bits per heavy atom. The van der Waals surface area contributed by atoms with Gasteiger partial charge in [-0.15, -0.1) is 0 Å². The van der Waals surface area contributed by atoms with Crippen LogP contribution in [0.3, 0.4) is 0 Å². The van der Waals surface area contributed by atoms with Gasteiger partial charge in [0.05, 0.1) is 12.0 Å². The molecule has 0 aromatic heterocycles. The van der Waals surface area contributed by atoms with E-state index in [1.54, 1.807) is 0 Å². The average Bonchev–Trinajstić information content (AvgIpc) is 2.64. The fourth-order valence-electron chi connectivity index (χ4n) is 2.82. The van der Waals surface area contributed by atoms with Crippen molar-refractivity contribution in [1.29, 1.82) is 0 Å². The lowest BCUT2D eigenvalue weighted by atomic mass is 9.94. The highest BCUT2D eigenvalue weighted by atomic mass is 79.9. The molecule has 1 aliphatic carbocycles. The second-order valence-corrected chi connectivity index (χ2v) is 6.61. The molecule has 110 valence electrons. The van der Waals surface area contributed by atoms with E-state index in [0.29, 0.717) is 0 Å². The van der Waals surface area contributed by atoms with Gasteiger partial charge in [0.1, 0.15) is 0 Å². The first-order valence-electron chi connectivity index (χ1n) is 7.39. The predicted molar refractivity (Wildman–Crippen MR) is 85.3 cm³/mol. The zero-order valence-electron chi connectivity index (χ0n) is 11.9.